The summed E-state index contributed by atoms with van der Waals surface area (Å²) in [6, 6.07) is 7.71. The minimum Gasteiger partial charge on any atom is -0.465 e. The summed E-state index contributed by atoms with van der Waals surface area (Å²) in [5, 5.41) is 13.0. The molecule has 0 saturated carbocycles. The average molecular weight is 235 g/mol. The van der Waals surface area contributed by atoms with Crippen molar-refractivity contribution < 1.29 is 14.6 Å². The van der Waals surface area contributed by atoms with Crippen LogP contribution in [0.5, 0.6) is 0 Å². The molecule has 0 spiro atoms. The SMILES string of the molecule is CCOC(=O)CN[C@@H]1c2ccccc2C[C@@H]1O. The zero-order chi connectivity index (χ0) is 12.3. The van der Waals surface area contributed by atoms with Crippen molar-refractivity contribution >= 4 is 5.97 Å². The molecule has 1 aromatic carbocycles. The van der Waals surface area contributed by atoms with E-state index in [4.69, 9.17) is 4.74 Å². The lowest BCUT2D eigenvalue weighted by atomic mass is 10.1. The van der Waals surface area contributed by atoms with E-state index in [9.17, 15) is 9.90 Å². The highest BCUT2D eigenvalue weighted by Crippen LogP contribution is 2.30. The van der Waals surface area contributed by atoms with Crippen molar-refractivity contribution in [2.45, 2.75) is 25.5 Å². The standard InChI is InChI=1S/C13H17NO3/c1-2-17-12(16)8-14-13-10-6-4-3-5-9(10)7-11(13)15/h3-6,11,13-15H,2,7-8H2,1H3/t11-,13+/m0/s1. The first-order valence-corrected chi connectivity index (χ1v) is 5.87. The van der Waals surface area contributed by atoms with E-state index in [0.717, 1.165) is 11.1 Å². The largest absolute Gasteiger partial charge is 0.465 e. The van der Waals surface area contributed by atoms with Crippen molar-refractivity contribution in [3.63, 3.8) is 0 Å². The van der Waals surface area contributed by atoms with E-state index < -0.39 is 6.10 Å². The number of carbonyl (C=O) groups is 1. The van der Waals surface area contributed by atoms with Crippen molar-refractivity contribution in [1.82, 2.24) is 5.32 Å². The molecule has 92 valence electrons. The molecular weight excluding hydrogens is 218 g/mol. The van der Waals surface area contributed by atoms with Gasteiger partial charge in [0.05, 0.1) is 25.3 Å². The lowest BCUT2D eigenvalue weighted by Crippen LogP contribution is -2.33. The molecule has 4 nitrogen and oxygen atoms in total. The summed E-state index contributed by atoms with van der Waals surface area (Å²) in [5.41, 5.74) is 2.21. The van der Waals surface area contributed by atoms with Gasteiger partial charge >= 0.3 is 5.97 Å². The van der Waals surface area contributed by atoms with Crippen LogP contribution in [0.15, 0.2) is 24.3 Å². The van der Waals surface area contributed by atoms with Gasteiger partial charge in [0.25, 0.3) is 0 Å². The summed E-state index contributed by atoms with van der Waals surface area (Å²) in [4.78, 5) is 11.3. The zero-order valence-corrected chi connectivity index (χ0v) is 9.85. The molecule has 0 radical (unpaired) electrons. The second-order valence-electron chi connectivity index (χ2n) is 4.13. The molecular formula is C13H17NO3. The summed E-state index contributed by atoms with van der Waals surface area (Å²) in [5.74, 6) is -0.288. The number of fused-ring (bicyclic) bond motifs is 1. The van der Waals surface area contributed by atoms with Gasteiger partial charge in [-0.15, -0.1) is 0 Å². The topological polar surface area (TPSA) is 58.6 Å². The quantitative estimate of drug-likeness (QED) is 0.758. The maximum atomic E-state index is 11.3. The molecule has 0 unspecified atom stereocenters. The molecule has 0 aliphatic heterocycles. The Morgan fingerprint density at radius 3 is 3.06 bits per heavy atom. The molecule has 1 aliphatic carbocycles. The Labute approximate surface area is 101 Å². The van der Waals surface area contributed by atoms with Crippen molar-refractivity contribution in [3.05, 3.63) is 35.4 Å². The van der Waals surface area contributed by atoms with Crippen LogP contribution < -0.4 is 5.32 Å². The smallest absolute Gasteiger partial charge is 0.319 e. The maximum absolute atomic E-state index is 11.3. The second-order valence-corrected chi connectivity index (χ2v) is 4.13. The fourth-order valence-electron chi connectivity index (χ4n) is 2.23. The van der Waals surface area contributed by atoms with Gasteiger partial charge in [-0.1, -0.05) is 24.3 Å². The number of hydrogen-bond acceptors (Lipinski definition) is 4. The number of aliphatic hydroxyl groups excluding tert-OH is 1. The summed E-state index contributed by atoms with van der Waals surface area (Å²) in [7, 11) is 0. The minimum absolute atomic E-state index is 0.129. The predicted molar refractivity (Wildman–Crippen MR) is 63.5 cm³/mol. The van der Waals surface area contributed by atoms with Gasteiger partial charge in [-0.3, -0.25) is 10.1 Å². The van der Waals surface area contributed by atoms with Crippen molar-refractivity contribution in [2.75, 3.05) is 13.2 Å². The lowest BCUT2D eigenvalue weighted by molar-refractivity contribution is -0.142. The fraction of sp³-hybridized carbons (Fsp3) is 0.462. The molecule has 1 aliphatic rings. The summed E-state index contributed by atoms with van der Waals surface area (Å²) in [6.07, 6.45) is 0.165. The number of rotatable bonds is 4. The Morgan fingerprint density at radius 2 is 2.29 bits per heavy atom. The average Bonchev–Trinajstić information content (AvgIpc) is 2.62. The van der Waals surface area contributed by atoms with Crippen molar-refractivity contribution in [3.8, 4) is 0 Å². The van der Waals surface area contributed by atoms with E-state index in [1.165, 1.54) is 0 Å². The molecule has 0 amide bonds. The Kier molecular flexibility index (Phi) is 3.76. The first-order valence-electron chi connectivity index (χ1n) is 5.87. The van der Waals surface area contributed by atoms with Crippen LogP contribution in [-0.4, -0.2) is 30.3 Å². The van der Waals surface area contributed by atoms with Gasteiger partial charge in [-0.25, -0.2) is 0 Å². The molecule has 2 atom stereocenters. The number of hydrogen-bond donors (Lipinski definition) is 2. The maximum Gasteiger partial charge on any atom is 0.319 e. The molecule has 2 N–H and O–H groups in total. The molecule has 0 saturated heterocycles. The molecule has 17 heavy (non-hydrogen) atoms. The number of carbonyl (C=O) groups excluding carboxylic acids is 1. The van der Waals surface area contributed by atoms with E-state index in [-0.39, 0.29) is 18.6 Å². The highest BCUT2D eigenvalue weighted by Gasteiger charge is 2.30. The molecule has 0 heterocycles. The highest BCUT2D eigenvalue weighted by atomic mass is 16.5. The number of esters is 1. The van der Waals surface area contributed by atoms with Crippen LogP contribution in [0.25, 0.3) is 0 Å². The molecule has 4 heteroatoms. The van der Waals surface area contributed by atoms with E-state index in [1.54, 1.807) is 6.92 Å². The molecule has 0 bridgehead atoms. The van der Waals surface area contributed by atoms with Crippen LogP contribution in [0.1, 0.15) is 24.1 Å². The van der Waals surface area contributed by atoms with Crippen LogP contribution in [0, 0.1) is 0 Å². The zero-order valence-electron chi connectivity index (χ0n) is 9.85. The van der Waals surface area contributed by atoms with Crippen molar-refractivity contribution in [2.24, 2.45) is 0 Å². The van der Waals surface area contributed by atoms with Crippen LogP contribution in [0.2, 0.25) is 0 Å². The van der Waals surface area contributed by atoms with Gasteiger partial charge in [0.15, 0.2) is 0 Å². The molecule has 2 rings (SSSR count). The van der Waals surface area contributed by atoms with Crippen LogP contribution in [0.4, 0.5) is 0 Å². The van der Waals surface area contributed by atoms with E-state index in [0.29, 0.717) is 13.0 Å². The summed E-state index contributed by atoms with van der Waals surface area (Å²) >= 11 is 0. The van der Waals surface area contributed by atoms with E-state index >= 15 is 0 Å². The summed E-state index contributed by atoms with van der Waals surface area (Å²) in [6.45, 7) is 2.28. The van der Waals surface area contributed by atoms with Crippen LogP contribution >= 0.6 is 0 Å². The highest BCUT2D eigenvalue weighted by molar-refractivity contribution is 5.71. The Morgan fingerprint density at radius 1 is 1.53 bits per heavy atom. The molecule has 0 fully saturated rings. The Bertz CT molecular complexity index is 405. The normalized spacial score (nSPS) is 22.2. The first-order chi connectivity index (χ1) is 8.22. The van der Waals surface area contributed by atoms with Crippen LogP contribution in [0.3, 0.4) is 0 Å². The first kappa shape index (κ1) is 12.1. The van der Waals surface area contributed by atoms with E-state index in [1.807, 2.05) is 24.3 Å². The molecule has 1 aromatic rings. The Balaban J connectivity index is 1.99. The summed E-state index contributed by atoms with van der Waals surface area (Å²) < 4.78 is 4.84. The molecule has 0 aromatic heterocycles. The van der Waals surface area contributed by atoms with E-state index in [2.05, 4.69) is 5.32 Å². The van der Waals surface area contributed by atoms with Gasteiger partial charge in [0.2, 0.25) is 0 Å². The third-order valence-electron chi connectivity index (χ3n) is 2.98. The van der Waals surface area contributed by atoms with Gasteiger partial charge in [-0.2, -0.15) is 0 Å². The number of nitrogens with one attached hydrogen (secondary N) is 1. The van der Waals surface area contributed by atoms with Gasteiger partial charge in [0.1, 0.15) is 0 Å². The van der Waals surface area contributed by atoms with Gasteiger partial charge in [-0.05, 0) is 18.1 Å². The third kappa shape index (κ3) is 2.65. The van der Waals surface area contributed by atoms with Gasteiger partial charge in [0, 0.05) is 6.42 Å². The number of benzene rings is 1. The third-order valence-corrected chi connectivity index (χ3v) is 2.98. The van der Waals surface area contributed by atoms with Gasteiger partial charge < -0.3 is 9.84 Å². The Hall–Kier alpha value is -1.39. The monoisotopic (exact) mass is 235 g/mol. The lowest BCUT2D eigenvalue weighted by Gasteiger charge is -2.17. The predicted octanol–water partition coefficient (Wildman–Crippen LogP) is 0.797. The fourth-order valence-corrected chi connectivity index (χ4v) is 2.23. The second kappa shape index (κ2) is 5.29. The van der Waals surface area contributed by atoms with Crippen LogP contribution in [-0.2, 0) is 16.0 Å². The number of ether oxygens (including phenoxy) is 1. The van der Waals surface area contributed by atoms with Crippen molar-refractivity contribution in [1.29, 1.82) is 0 Å². The number of aliphatic hydroxyl groups is 1. The minimum atomic E-state index is -0.471.